The van der Waals surface area contributed by atoms with Crippen molar-refractivity contribution in [3.63, 3.8) is 0 Å². The minimum atomic E-state index is 1.27. The van der Waals surface area contributed by atoms with E-state index in [1.165, 1.54) is 22.8 Å². The fraction of sp³-hybridized carbons (Fsp3) is 1.00. The monoisotopic (exact) mass is 103 g/mol. The van der Waals surface area contributed by atoms with Crippen LogP contribution in [0.4, 0.5) is 0 Å². The molecule has 0 aliphatic carbocycles. The van der Waals surface area contributed by atoms with Gasteiger partial charge >= 0.3 is 0 Å². The molecule has 0 bridgehead atoms. The Balaban J connectivity index is 2.63. The lowest BCUT2D eigenvalue weighted by Gasteiger charge is -2.03. The highest BCUT2D eigenvalue weighted by Crippen LogP contribution is 1.74. The average molecular weight is 103 g/mol. The molecule has 1 nitrogen and oxygen atoms in total. The third-order valence-electron chi connectivity index (χ3n) is 0.671. The van der Waals surface area contributed by atoms with Crippen LogP contribution < -0.4 is 0 Å². The zero-order valence-electron chi connectivity index (χ0n) is 4.86. The molecule has 2 heteroatoms. The summed E-state index contributed by atoms with van der Waals surface area (Å²) in [6.45, 7) is 1.27. The molecule has 0 aliphatic heterocycles. The fourth-order valence-corrected chi connectivity index (χ4v) is 1.34. The van der Waals surface area contributed by atoms with E-state index in [2.05, 4.69) is 19.0 Å². The van der Waals surface area contributed by atoms with Crippen molar-refractivity contribution in [3.05, 3.63) is 0 Å². The van der Waals surface area contributed by atoms with Crippen molar-refractivity contribution >= 4 is 10.2 Å². The van der Waals surface area contributed by atoms with Crippen molar-refractivity contribution in [1.29, 1.82) is 0 Å². The van der Waals surface area contributed by atoms with Gasteiger partial charge in [-0.05, 0) is 20.6 Å². The molecular formula is C4H13NSi. The molecule has 0 spiro atoms. The summed E-state index contributed by atoms with van der Waals surface area (Å²) < 4.78 is 0. The topological polar surface area (TPSA) is 3.24 Å². The van der Waals surface area contributed by atoms with Crippen molar-refractivity contribution in [1.82, 2.24) is 4.90 Å². The molecule has 0 aromatic rings. The van der Waals surface area contributed by atoms with Crippen LogP contribution in [0.15, 0.2) is 0 Å². The first kappa shape index (κ1) is 6.18. The zero-order valence-corrected chi connectivity index (χ0v) is 6.86. The van der Waals surface area contributed by atoms with E-state index in [-0.39, 0.29) is 0 Å². The molecule has 0 amide bonds. The lowest BCUT2D eigenvalue weighted by atomic mass is 10.7. The van der Waals surface area contributed by atoms with E-state index in [0.29, 0.717) is 0 Å². The zero-order chi connectivity index (χ0) is 4.99. The van der Waals surface area contributed by atoms with Crippen LogP contribution in [-0.2, 0) is 0 Å². The van der Waals surface area contributed by atoms with E-state index in [1.54, 1.807) is 0 Å². The average Bonchev–Trinajstić information content (AvgIpc) is 1.35. The van der Waals surface area contributed by atoms with Crippen LogP contribution in [0.3, 0.4) is 0 Å². The van der Waals surface area contributed by atoms with Gasteiger partial charge in [0.2, 0.25) is 0 Å². The lowest BCUT2D eigenvalue weighted by Crippen LogP contribution is -2.11. The summed E-state index contributed by atoms with van der Waals surface area (Å²) in [5, 5.41) is 0. The van der Waals surface area contributed by atoms with Gasteiger partial charge in [0, 0.05) is 10.2 Å². The smallest absolute Gasteiger partial charge is 0.00441 e. The van der Waals surface area contributed by atoms with Crippen molar-refractivity contribution < 1.29 is 0 Å². The van der Waals surface area contributed by atoms with Crippen LogP contribution >= 0.6 is 0 Å². The molecule has 0 radical (unpaired) electrons. The third-order valence-corrected chi connectivity index (χ3v) is 1.12. The highest BCUT2D eigenvalue weighted by Gasteiger charge is 1.79. The Hall–Kier alpha value is 0.177. The predicted molar refractivity (Wildman–Crippen MR) is 33.3 cm³/mol. The fourth-order valence-electron chi connectivity index (χ4n) is 0.447. The summed E-state index contributed by atoms with van der Waals surface area (Å²) in [6, 6.07) is 1.40. The van der Waals surface area contributed by atoms with E-state index in [1.807, 2.05) is 0 Å². The number of hydrogen-bond acceptors (Lipinski definition) is 1. The molecule has 0 atom stereocenters. The second-order valence-electron chi connectivity index (χ2n) is 1.80. The van der Waals surface area contributed by atoms with Crippen LogP contribution in [0.5, 0.6) is 0 Å². The summed E-state index contributed by atoms with van der Waals surface area (Å²) in [4.78, 5) is 2.22. The standard InChI is InChI=1S/C4H13NSi/c1-5(2)3-4-6/h3-4H2,1-2,6H3. The Morgan fingerprint density at radius 1 is 1.50 bits per heavy atom. The van der Waals surface area contributed by atoms with Gasteiger partial charge < -0.3 is 4.90 Å². The molecule has 0 heterocycles. The Morgan fingerprint density at radius 2 is 2.00 bits per heavy atom. The first-order valence-corrected chi connectivity index (χ1v) is 3.83. The van der Waals surface area contributed by atoms with Crippen LogP contribution in [0, 0.1) is 0 Å². The molecule has 0 rings (SSSR count). The van der Waals surface area contributed by atoms with E-state index in [9.17, 15) is 0 Å². The van der Waals surface area contributed by atoms with Crippen molar-refractivity contribution in [3.8, 4) is 0 Å². The van der Waals surface area contributed by atoms with Crippen LogP contribution in [0.25, 0.3) is 0 Å². The molecule has 6 heavy (non-hydrogen) atoms. The third kappa shape index (κ3) is 4.18. The van der Waals surface area contributed by atoms with Crippen molar-refractivity contribution in [2.24, 2.45) is 0 Å². The molecule has 0 saturated carbocycles. The maximum absolute atomic E-state index is 2.22. The molecule has 0 N–H and O–H groups in total. The van der Waals surface area contributed by atoms with Gasteiger partial charge in [0.05, 0.1) is 0 Å². The number of rotatable bonds is 2. The second kappa shape index (κ2) is 3.37. The summed E-state index contributed by atoms with van der Waals surface area (Å²) in [6.07, 6.45) is 0. The molecule has 38 valence electrons. The first-order valence-electron chi connectivity index (χ1n) is 2.42. The predicted octanol–water partition coefficient (Wildman–Crippen LogP) is -0.668. The minimum absolute atomic E-state index is 1.27. The van der Waals surface area contributed by atoms with Gasteiger partial charge in [0.1, 0.15) is 0 Å². The van der Waals surface area contributed by atoms with Crippen LogP contribution in [0.1, 0.15) is 0 Å². The molecule has 0 unspecified atom stereocenters. The maximum Gasteiger partial charge on any atom is 0.00441 e. The van der Waals surface area contributed by atoms with Crippen molar-refractivity contribution in [2.45, 2.75) is 6.04 Å². The summed E-state index contributed by atoms with van der Waals surface area (Å²) in [5.41, 5.74) is 0. The molecule has 0 saturated heterocycles. The molecule has 0 aromatic heterocycles. The summed E-state index contributed by atoms with van der Waals surface area (Å²) >= 11 is 0. The second-order valence-corrected chi connectivity index (χ2v) is 2.80. The largest absolute Gasteiger partial charge is 0.310 e. The lowest BCUT2D eigenvalue weighted by molar-refractivity contribution is 0.434. The Labute approximate surface area is 42.8 Å². The number of hydrogen-bond donors (Lipinski definition) is 0. The van der Waals surface area contributed by atoms with Gasteiger partial charge in [-0.3, -0.25) is 0 Å². The van der Waals surface area contributed by atoms with E-state index in [4.69, 9.17) is 0 Å². The molecule has 0 aromatic carbocycles. The Bertz CT molecular complexity index is 28.7. The van der Waals surface area contributed by atoms with E-state index >= 15 is 0 Å². The van der Waals surface area contributed by atoms with Gasteiger partial charge in [-0.1, -0.05) is 6.04 Å². The van der Waals surface area contributed by atoms with Gasteiger partial charge in [-0.2, -0.15) is 0 Å². The van der Waals surface area contributed by atoms with Crippen LogP contribution in [-0.4, -0.2) is 35.8 Å². The molecule has 0 aliphatic rings. The van der Waals surface area contributed by atoms with E-state index in [0.717, 1.165) is 0 Å². The first-order chi connectivity index (χ1) is 2.77. The quantitative estimate of drug-likeness (QED) is 0.419. The molecule has 0 fully saturated rings. The van der Waals surface area contributed by atoms with Gasteiger partial charge in [0.25, 0.3) is 0 Å². The Morgan fingerprint density at radius 3 is 2.00 bits per heavy atom. The molecular weight excluding hydrogens is 90.1 g/mol. The van der Waals surface area contributed by atoms with Gasteiger partial charge in [0.15, 0.2) is 0 Å². The minimum Gasteiger partial charge on any atom is -0.310 e. The van der Waals surface area contributed by atoms with E-state index < -0.39 is 0 Å². The SMILES string of the molecule is CN(C)CC[SiH3]. The Kier molecular flexibility index (Phi) is 3.47. The van der Waals surface area contributed by atoms with Crippen molar-refractivity contribution in [2.75, 3.05) is 20.6 Å². The summed E-state index contributed by atoms with van der Waals surface area (Å²) in [5.74, 6) is 0. The highest BCUT2D eigenvalue weighted by atomic mass is 28.1. The highest BCUT2D eigenvalue weighted by molar-refractivity contribution is 6.08. The summed E-state index contributed by atoms with van der Waals surface area (Å²) in [7, 11) is 5.56. The van der Waals surface area contributed by atoms with Gasteiger partial charge in [-0.25, -0.2) is 0 Å². The normalized spacial score (nSPS) is 10.5. The maximum atomic E-state index is 2.22. The van der Waals surface area contributed by atoms with Gasteiger partial charge in [-0.15, -0.1) is 0 Å². The van der Waals surface area contributed by atoms with Crippen LogP contribution in [0.2, 0.25) is 6.04 Å². The number of nitrogens with zero attached hydrogens (tertiary/aromatic N) is 1.